The molecule has 3 aliphatic heterocycles. The molecule has 0 aromatic heterocycles. The summed E-state index contributed by atoms with van der Waals surface area (Å²) in [6, 6.07) is 17.3. The summed E-state index contributed by atoms with van der Waals surface area (Å²) in [5, 5.41) is 4.78. The minimum absolute atomic E-state index is 0.147. The van der Waals surface area contributed by atoms with Crippen LogP contribution in [0.4, 0.5) is 5.69 Å². The molecule has 6 nitrogen and oxygen atoms in total. The molecule has 136 valence electrons. The molecule has 3 aliphatic rings. The number of imide groups is 1. The number of hydrogen-bond acceptors (Lipinski definition) is 3. The second kappa shape index (κ2) is 5.76. The van der Waals surface area contributed by atoms with Crippen LogP contribution >= 0.6 is 0 Å². The Balaban J connectivity index is 1.47. The van der Waals surface area contributed by atoms with Crippen molar-refractivity contribution in [3.63, 3.8) is 0 Å². The van der Waals surface area contributed by atoms with Crippen LogP contribution in [0.2, 0.25) is 0 Å². The van der Waals surface area contributed by atoms with Crippen molar-refractivity contribution in [1.29, 1.82) is 0 Å². The van der Waals surface area contributed by atoms with Crippen LogP contribution in [-0.4, -0.2) is 35.7 Å². The Morgan fingerprint density at radius 1 is 1.00 bits per heavy atom. The molecular weight excluding hydrogens is 342 g/mol. The summed E-state index contributed by atoms with van der Waals surface area (Å²) in [6.45, 7) is 0.812. The standard InChI is InChI=1S/C21H19N3O3/c25-18-14-12-22-21(15-8-4-5-9-16(15)23-20(21)27)17(14)19(26)24(18)11-10-13-6-2-1-3-7-13/h1-9,14,17,22H,10-12H2,(H,23,27)/p+1/t14-,17-,21+/m0/s1. The van der Waals surface area contributed by atoms with Gasteiger partial charge in [-0.25, -0.2) is 0 Å². The Morgan fingerprint density at radius 2 is 1.74 bits per heavy atom. The first kappa shape index (κ1) is 16.2. The maximum atomic E-state index is 13.2. The quantitative estimate of drug-likeness (QED) is 0.768. The summed E-state index contributed by atoms with van der Waals surface area (Å²) < 4.78 is 0. The molecule has 3 atom stereocenters. The number of anilines is 1. The highest BCUT2D eigenvalue weighted by Gasteiger charge is 2.71. The fraction of sp³-hybridized carbons (Fsp3) is 0.286. The van der Waals surface area contributed by atoms with Gasteiger partial charge in [0.2, 0.25) is 17.4 Å². The number of nitrogens with one attached hydrogen (secondary N) is 1. The van der Waals surface area contributed by atoms with Gasteiger partial charge >= 0.3 is 0 Å². The highest BCUT2D eigenvalue weighted by atomic mass is 16.2. The fourth-order valence-electron chi connectivity index (χ4n) is 4.90. The first-order valence-electron chi connectivity index (χ1n) is 9.27. The van der Waals surface area contributed by atoms with Gasteiger partial charge in [-0.05, 0) is 18.1 Å². The van der Waals surface area contributed by atoms with Crippen LogP contribution in [0.5, 0.6) is 0 Å². The van der Waals surface area contributed by atoms with E-state index in [2.05, 4.69) is 5.32 Å². The first-order valence-corrected chi connectivity index (χ1v) is 9.27. The first-order chi connectivity index (χ1) is 13.1. The Kier molecular flexibility index (Phi) is 3.45. The fourth-order valence-corrected chi connectivity index (χ4v) is 4.90. The van der Waals surface area contributed by atoms with Crippen LogP contribution in [0.1, 0.15) is 11.1 Å². The predicted octanol–water partition coefficient (Wildman–Crippen LogP) is 0.255. The second-order valence-electron chi connectivity index (χ2n) is 7.46. The summed E-state index contributed by atoms with van der Waals surface area (Å²) in [5.74, 6) is -1.63. The minimum Gasteiger partial charge on any atom is -0.328 e. The number of carbonyl (C=O) groups excluding carboxylic acids is 3. The molecule has 2 saturated heterocycles. The van der Waals surface area contributed by atoms with E-state index in [1.54, 1.807) is 0 Å². The third kappa shape index (κ3) is 2.13. The highest BCUT2D eigenvalue weighted by Crippen LogP contribution is 2.47. The lowest BCUT2D eigenvalue weighted by Crippen LogP contribution is -2.95. The van der Waals surface area contributed by atoms with Gasteiger partial charge in [0.15, 0.2) is 0 Å². The van der Waals surface area contributed by atoms with Crippen molar-refractivity contribution in [3.05, 3.63) is 65.7 Å². The number of rotatable bonds is 3. The number of nitrogens with two attached hydrogens (primary N) is 1. The number of likely N-dealkylation sites (tertiary alicyclic amines) is 1. The summed E-state index contributed by atoms with van der Waals surface area (Å²) in [6.07, 6.45) is 0.622. The van der Waals surface area contributed by atoms with Gasteiger partial charge in [0.05, 0.1) is 12.2 Å². The van der Waals surface area contributed by atoms with Crippen LogP contribution < -0.4 is 10.6 Å². The third-order valence-corrected chi connectivity index (χ3v) is 6.17. The van der Waals surface area contributed by atoms with Crippen LogP contribution in [-0.2, 0) is 26.3 Å². The Hall–Kier alpha value is -2.99. The monoisotopic (exact) mass is 362 g/mol. The van der Waals surface area contributed by atoms with Crippen LogP contribution in [0.3, 0.4) is 0 Å². The summed E-state index contributed by atoms with van der Waals surface area (Å²) >= 11 is 0. The van der Waals surface area contributed by atoms with E-state index < -0.39 is 17.4 Å². The van der Waals surface area contributed by atoms with E-state index in [1.165, 1.54) is 4.90 Å². The number of amides is 3. The van der Waals surface area contributed by atoms with Gasteiger partial charge in [-0.15, -0.1) is 0 Å². The van der Waals surface area contributed by atoms with Gasteiger partial charge in [-0.1, -0.05) is 48.5 Å². The third-order valence-electron chi connectivity index (χ3n) is 6.17. The topological polar surface area (TPSA) is 83.1 Å². The molecule has 1 spiro atoms. The second-order valence-corrected chi connectivity index (χ2v) is 7.46. The highest BCUT2D eigenvalue weighted by molar-refractivity contribution is 6.13. The molecule has 0 bridgehead atoms. The largest absolute Gasteiger partial charge is 0.328 e. The zero-order chi connectivity index (χ0) is 18.6. The van der Waals surface area contributed by atoms with Crippen molar-refractivity contribution < 1.29 is 19.7 Å². The minimum atomic E-state index is -1.02. The summed E-state index contributed by atoms with van der Waals surface area (Å²) in [7, 11) is 0. The number of para-hydroxylation sites is 1. The van der Waals surface area contributed by atoms with Crippen molar-refractivity contribution in [2.24, 2.45) is 11.8 Å². The SMILES string of the molecule is O=C1[C@H]2C[NH2+][C@@]3(C(=O)Nc4ccccc43)[C@@H]2C(=O)N1CCc1ccccc1. The normalized spacial score (nSPS) is 28.6. The zero-order valence-corrected chi connectivity index (χ0v) is 14.7. The van der Waals surface area contributed by atoms with Crippen molar-refractivity contribution in [2.75, 3.05) is 18.4 Å². The number of carbonyl (C=O) groups is 3. The molecule has 0 aliphatic carbocycles. The Bertz CT molecular complexity index is 958. The lowest BCUT2D eigenvalue weighted by molar-refractivity contribution is -0.704. The van der Waals surface area contributed by atoms with E-state index in [1.807, 2.05) is 59.9 Å². The maximum Gasteiger partial charge on any atom is 0.291 e. The van der Waals surface area contributed by atoms with E-state index >= 15 is 0 Å². The molecule has 2 fully saturated rings. The summed E-state index contributed by atoms with van der Waals surface area (Å²) in [4.78, 5) is 40.4. The van der Waals surface area contributed by atoms with E-state index in [9.17, 15) is 14.4 Å². The van der Waals surface area contributed by atoms with Gasteiger partial charge in [0, 0.05) is 12.1 Å². The molecule has 2 aromatic carbocycles. The smallest absolute Gasteiger partial charge is 0.291 e. The number of quaternary nitrogens is 1. The molecule has 3 amide bonds. The molecule has 2 aromatic rings. The molecular formula is C21H20N3O3+. The van der Waals surface area contributed by atoms with Gasteiger partial charge in [-0.3, -0.25) is 19.3 Å². The van der Waals surface area contributed by atoms with Gasteiger partial charge in [0.1, 0.15) is 11.8 Å². The summed E-state index contributed by atoms with van der Waals surface area (Å²) in [5.41, 5.74) is 1.62. The van der Waals surface area contributed by atoms with E-state index in [0.717, 1.165) is 16.8 Å². The van der Waals surface area contributed by atoms with Gasteiger partial charge in [0.25, 0.3) is 5.91 Å². The van der Waals surface area contributed by atoms with Crippen LogP contribution in [0.15, 0.2) is 54.6 Å². The Labute approximate surface area is 156 Å². The molecule has 3 heterocycles. The average molecular weight is 362 g/mol. The molecule has 5 rings (SSSR count). The number of nitrogens with zero attached hydrogens (tertiary/aromatic N) is 1. The molecule has 27 heavy (non-hydrogen) atoms. The van der Waals surface area contributed by atoms with E-state index in [4.69, 9.17) is 0 Å². The zero-order valence-electron chi connectivity index (χ0n) is 14.7. The molecule has 0 saturated carbocycles. The Morgan fingerprint density at radius 3 is 2.56 bits per heavy atom. The van der Waals surface area contributed by atoms with Gasteiger partial charge < -0.3 is 10.6 Å². The lowest BCUT2D eigenvalue weighted by Gasteiger charge is -2.25. The average Bonchev–Trinajstić information content (AvgIpc) is 3.29. The molecule has 3 N–H and O–H groups in total. The van der Waals surface area contributed by atoms with Crippen LogP contribution in [0, 0.1) is 11.8 Å². The van der Waals surface area contributed by atoms with Gasteiger partial charge in [-0.2, -0.15) is 0 Å². The maximum absolute atomic E-state index is 13.2. The van der Waals surface area contributed by atoms with E-state index in [0.29, 0.717) is 19.5 Å². The van der Waals surface area contributed by atoms with Crippen molar-refractivity contribution >= 4 is 23.4 Å². The number of fused-ring (bicyclic) bond motifs is 4. The molecule has 0 unspecified atom stereocenters. The van der Waals surface area contributed by atoms with Crippen molar-refractivity contribution in [2.45, 2.75) is 12.0 Å². The van der Waals surface area contributed by atoms with Crippen molar-refractivity contribution in [1.82, 2.24) is 4.90 Å². The number of hydrogen-bond donors (Lipinski definition) is 2. The lowest BCUT2D eigenvalue weighted by atomic mass is 9.77. The molecule has 0 radical (unpaired) electrons. The number of benzene rings is 2. The van der Waals surface area contributed by atoms with Crippen LogP contribution in [0.25, 0.3) is 0 Å². The van der Waals surface area contributed by atoms with E-state index in [-0.39, 0.29) is 17.7 Å². The van der Waals surface area contributed by atoms with Crippen molar-refractivity contribution in [3.8, 4) is 0 Å². The predicted molar refractivity (Wildman–Crippen MR) is 97.4 cm³/mol. The molecule has 6 heteroatoms.